The molecule has 6 nitrogen and oxygen atoms in total. The summed E-state index contributed by atoms with van der Waals surface area (Å²) in [5.74, 6) is 0.704. The third-order valence-corrected chi connectivity index (χ3v) is 8.08. The van der Waals surface area contributed by atoms with Crippen molar-refractivity contribution in [1.82, 2.24) is 14.6 Å². The first-order valence-electron chi connectivity index (χ1n) is 9.99. The summed E-state index contributed by atoms with van der Waals surface area (Å²) in [4.78, 5) is 17.3. The van der Waals surface area contributed by atoms with Crippen LogP contribution in [-0.4, -0.2) is 36.7 Å². The smallest absolute Gasteiger partial charge is 0.251 e. The van der Waals surface area contributed by atoms with Gasteiger partial charge in [0.15, 0.2) is 0 Å². The Morgan fingerprint density at radius 3 is 2.59 bits per heavy atom. The Kier molecular flexibility index (Phi) is 6.76. The molecule has 2 unspecified atom stereocenters. The molecule has 1 aliphatic rings. The van der Waals surface area contributed by atoms with Gasteiger partial charge in [0.2, 0.25) is 10.0 Å². The number of nitrogens with zero attached hydrogens (tertiary/aromatic N) is 2. The molecule has 1 aromatic carbocycles. The standard InChI is InChI=1S/C21H29N3O3S2/c1-14(2)21-23-18(13-28-21)10-22-20(25)17-6-5-7-19(9-17)29(26,27)24-11-15(3)8-16(4)12-24/h5-7,9,13-16H,8,10-12H2,1-4H3,(H,22,25). The molecule has 2 aromatic rings. The Morgan fingerprint density at radius 1 is 1.28 bits per heavy atom. The predicted octanol–water partition coefficient (Wildman–Crippen LogP) is 3.86. The molecule has 1 saturated heterocycles. The highest BCUT2D eigenvalue weighted by molar-refractivity contribution is 7.89. The Morgan fingerprint density at radius 2 is 1.97 bits per heavy atom. The van der Waals surface area contributed by atoms with Crippen LogP contribution < -0.4 is 5.32 Å². The van der Waals surface area contributed by atoms with Crippen molar-refractivity contribution in [2.75, 3.05) is 13.1 Å². The summed E-state index contributed by atoms with van der Waals surface area (Å²) >= 11 is 1.58. The highest BCUT2D eigenvalue weighted by Gasteiger charge is 2.31. The summed E-state index contributed by atoms with van der Waals surface area (Å²) in [6.07, 6.45) is 1.03. The van der Waals surface area contributed by atoms with Gasteiger partial charge < -0.3 is 5.32 Å². The van der Waals surface area contributed by atoms with Crippen LogP contribution in [0.2, 0.25) is 0 Å². The van der Waals surface area contributed by atoms with Gasteiger partial charge in [0, 0.05) is 30.0 Å². The fourth-order valence-corrected chi connectivity index (χ4v) is 6.25. The second-order valence-electron chi connectivity index (χ2n) is 8.31. The van der Waals surface area contributed by atoms with Crippen LogP contribution in [0.4, 0.5) is 0 Å². The summed E-state index contributed by atoms with van der Waals surface area (Å²) in [6.45, 7) is 9.67. The Balaban J connectivity index is 1.71. The van der Waals surface area contributed by atoms with Crippen LogP contribution in [0.15, 0.2) is 34.5 Å². The van der Waals surface area contributed by atoms with Gasteiger partial charge in [0.25, 0.3) is 5.91 Å². The van der Waals surface area contributed by atoms with Crippen LogP contribution in [0, 0.1) is 11.8 Å². The van der Waals surface area contributed by atoms with Gasteiger partial charge in [-0.2, -0.15) is 4.31 Å². The lowest BCUT2D eigenvalue weighted by atomic mass is 9.94. The van der Waals surface area contributed by atoms with E-state index in [2.05, 4.69) is 38.0 Å². The lowest BCUT2D eigenvalue weighted by Gasteiger charge is -2.34. The number of piperidine rings is 1. The van der Waals surface area contributed by atoms with E-state index in [-0.39, 0.29) is 10.8 Å². The van der Waals surface area contributed by atoms with E-state index in [4.69, 9.17) is 0 Å². The lowest BCUT2D eigenvalue weighted by molar-refractivity contribution is 0.0950. The number of carbonyl (C=O) groups excluding carboxylic acids is 1. The fraction of sp³-hybridized carbons (Fsp3) is 0.524. The van der Waals surface area contributed by atoms with E-state index in [1.165, 1.54) is 6.07 Å². The van der Waals surface area contributed by atoms with Crippen molar-refractivity contribution in [2.45, 2.75) is 51.5 Å². The second-order valence-corrected chi connectivity index (χ2v) is 11.1. The van der Waals surface area contributed by atoms with E-state index in [9.17, 15) is 13.2 Å². The number of hydrogen-bond acceptors (Lipinski definition) is 5. The lowest BCUT2D eigenvalue weighted by Crippen LogP contribution is -2.42. The molecule has 1 fully saturated rings. The second kappa shape index (κ2) is 8.93. The molecule has 0 saturated carbocycles. The van der Waals surface area contributed by atoms with Crippen molar-refractivity contribution in [3.63, 3.8) is 0 Å². The molecule has 158 valence electrons. The molecule has 1 amide bonds. The molecule has 3 rings (SSSR count). The summed E-state index contributed by atoms with van der Waals surface area (Å²) < 4.78 is 27.7. The third-order valence-electron chi connectivity index (χ3n) is 5.06. The molecule has 1 aliphatic heterocycles. The first-order chi connectivity index (χ1) is 13.7. The van der Waals surface area contributed by atoms with E-state index in [0.717, 1.165) is 17.1 Å². The van der Waals surface area contributed by atoms with Crippen LogP contribution in [0.1, 0.15) is 61.1 Å². The average Bonchev–Trinajstić information content (AvgIpc) is 3.15. The maximum atomic E-state index is 13.1. The number of aromatic nitrogens is 1. The van der Waals surface area contributed by atoms with Crippen molar-refractivity contribution in [3.8, 4) is 0 Å². The van der Waals surface area contributed by atoms with Crippen molar-refractivity contribution < 1.29 is 13.2 Å². The minimum Gasteiger partial charge on any atom is -0.346 e. The topological polar surface area (TPSA) is 79.4 Å². The summed E-state index contributed by atoms with van der Waals surface area (Å²) in [6, 6.07) is 6.29. The maximum Gasteiger partial charge on any atom is 0.251 e. The largest absolute Gasteiger partial charge is 0.346 e. The number of hydrogen-bond donors (Lipinski definition) is 1. The van der Waals surface area contributed by atoms with Crippen LogP contribution in [0.3, 0.4) is 0 Å². The number of benzene rings is 1. The van der Waals surface area contributed by atoms with Gasteiger partial charge in [-0.15, -0.1) is 11.3 Å². The van der Waals surface area contributed by atoms with Crippen LogP contribution >= 0.6 is 11.3 Å². The first kappa shape index (κ1) is 21.9. The zero-order valence-electron chi connectivity index (χ0n) is 17.4. The summed E-state index contributed by atoms with van der Waals surface area (Å²) in [7, 11) is -3.61. The minimum atomic E-state index is -3.61. The molecule has 0 bridgehead atoms. The van der Waals surface area contributed by atoms with Crippen molar-refractivity contribution in [2.24, 2.45) is 11.8 Å². The summed E-state index contributed by atoms with van der Waals surface area (Å²) in [5.41, 5.74) is 1.15. The molecule has 0 radical (unpaired) electrons. The first-order valence-corrected chi connectivity index (χ1v) is 12.3. The SMILES string of the molecule is CC1CC(C)CN(S(=O)(=O)c2cccc(C(=O)NCc3csc(C(C)C)n3)c2)C1. The fourth-order valence-electron chi connectivity index (χ4n) is 3.69. The molecule has 1 aromatic heterocycles. The van der Waals surface area contributed by atoms with Gasteiger partial charge in [-0.1, -0.05) is 33.8 Å². The molecule has 0 aliphatic carbocycles. The van der Waals surface area contributed by atoms with E-state index >= 15 is 0 Å². The molecule has 1 N–H and O–H groups in total. The highest BCUT2D eigenvalue weighted by Crippen LogP contribution is 2.27. The zero-order valence-corrected chi connectivity index (χ0v) is 19.0. The molecule has 0 spiro atoms. The third kappa shape index (κ3) is 5.24. The molecular formula is C21H29N3O3S2. The minimum absolute atomic E-state index is 0.169. The molecule has 29 heavy (non-hydrogen) atoms. The Bertz CT molecular complexity index is 959. The predicted molar refractivity (Wildman–Crippen MR) is 116 cm³/mol. The molecular weight excluding hydrogens is 406 g/mol. The van der Waals surface area contributed by atoms with Crippen LogP contribution in [-0.2, 0) is 16.6 Å². The summed E-state index contributed by atoms with van der Waals surface area (Å²) in [5, 5.41) is 5.81. The maximum absolute atomic E-state index is 13.1. The molecule has 8 heteroatoms. The van der Waals surface area contributed by atoms with E-state index in [1.807, 2.05) is 5.38 Å². The zero-order chi connectivity index (χ0) is 21.2. The monoisotopic (exact) mass is 435 g/mol. The van der Waals surface area contributed by atoms with Gasteiger partial charge in [-0.25, -0.2) is 13.4 Å². The Labute approximate surface area is 177 Å². The molecule has 2 atom stereocenters. The normalized spacial score (nSPS) is 20.7. The molecule has 2 heterocycles. The van der Waals surface area contributed by atoms with Crippen LogP contribution in [0.25, 0.3) is 0 Å². The van der Waals surface area contributed by atoms with Gasteiger partial charge in [0.05, 0.1) is 22.1 Å². The number of nitrogens with one attached hydrogen (secondary N) is 1. The van der Waals surface area contributed by atoms with Crippen molar-refractivity contribution in [1.29, 1.82) is 0 Å². The van der Waals surface area contributed by atoms with Gasteiger partial charge in [-0.05, 0) is 36.5 Å². The number of carbonyl (C=O) groups is 1. The number of thiazole rings is 1. The van der Waals surface area contributed by atoms with Gasteiger partial charge in [-0.3, -0.25) is 4.79 Å². The quantitative estimate of drug-likeness (QED) is 0.747. The van der Waals surface area contributed by atoms with Gasteiger partial charge in [0.1, 0.15) is 0 Å². The highest BCUT2D eigenvalue weighted by atomic mass is 32.2. The van der Waals surface area contributed by atoms with E-state index in [0.29, 0.717) is 43.0 Å². The average molecular weight is 436 g/mol. The van der Waals surface area contributed by atoms with Crippen LogP contribution in [0.5, 0.6) is 0 Å². The van der Waals surface area contributed by atoms with Crippen molar-refractivity contribution in [3.05, 3.63) is 45.9 Å². The number of sulfonamides is 1. The van der Waals surface area contributed by atoms with E-state index < -0.39 is 10.0 Å². The van der Waals surface area contributed by atoms with Gasteiger partial charge >= 0.3 is 0 Å². The Hall–Kier alpha value is -1.77. The van der Waals surface area contributed by atoms with E-state index in [1.54, 1.807) is 33.8 Å². The van der Waals surface area contributed by atoms with Crippen molar-refractivity contribution >= 4 is 27.3 Å². The number of amides is 1. The number of rotatable bonds is 6.